The first-order valence-electron chi connectivity index (χ1n) is 7.36. The molecule has 1 aromatic rings. The van der Waals surface area contributed by atoms with Crippen LogP contribution < -0.4 is 5.32 Å². The van der Waals surface area contributed by atoms with Gasteiger partial charge in [-0.1, -0.05) is 36.2 Å². The van der Waals surface area contributed by atoms with Crippen LogP contribution in [0.4, 0.5) is 0 Å². The van der Waals surface area contributed by atoms with Crippen LogP contribution in [-0.4, -0.2) is 18.8 Å². The Bertz CT molecular complexity index is 378. The zero-order valence-electron chi connectivity index (χ0n) is 13.3. The molecule has 1 unspecified atom stereocenters. The lowest BCUT2D eigenvalue weighted by Crippen LogP contribution is -2.42. The molecule has 1 N–H and O–H groups in total. The molecule has 0 heterocycles. The van der Waals surface area contributed by atoms with Gasteiger partial charge in [0.05, 0.1) is 11.6 Å². The Morgan fingerprint density at radius 3 is 2.16 bits per heavy atom. The predicted molar refractivity (Wildman–Crippen MR) is 82.7 cm³/mol. The van der Waals surface area contributed by atoms with E-state index in [1.165, 1.54) is 16.7 Å². The van der Waals surface area contributed by atoms with Crippen LogP contribution in [0, 0.1) is 13.8 Å². The maximum Gasteiger partial charge on any atom is 0.0820 e. The molecule has 0 saturated heterocycles. The highest BCUT2D eigenvalue weighted by molar-refractivity contribution is 5.32. The van der Waals surface area contributed by atoms with Gasteiger partial charge in [0.15, 0.2) is 0 Å². The van der Waals surface area contributed by atoms with E-state index in [1.807, 2.05) is 0 Å². The molecule has 0 amide bonds. The van der Waals surface area contributed by atoms with Gasteiger partial charge in [-0.15, -0.1) is 0 Å². The number of hydrogen-bond donors (Lipinski definition) is 1. The van der Waals surface area contributed by atoms with E-state index in [1.54, 1.807) is 0 Å². The molecule has 108 valence electrons. The first-order valence-corrected chi connectivity index (χ1v) is 7.36. The summed E-state index contributed by atoms with van der Waals surface area (Å²) < 4.78 is 5.96. The van der Waals surface area contributed by atoms with Crippen molar-refractivity contribution >= 4 is 0 Å². The number of aryl methyl sites for hydroxylation is 2. The van der Waals surface area contributed by atoms with Crippen LogP contribution in [0.3, 0.4) is 0 Å². The topological polar surface area (TPSA) is 21.3 Å². The summed E-state index contributed by atoms with van der Waals surface area (Å²) in [6, 6.07) is 6.97. The summed E-state index contributed by atoms with van der Waals surface area (Å²) in [5.74, 6) is 0. The number of hydrogen-bond acceptors (Lipinski definition) is 2. The number of rotatable bonds is 7. The summed E-state index contributed by atoms with van der Waals surface area (Å²) in [4.78, 5) is 0. The van der Waals surface area contributed by atoms with Gasteiger partial charge < -0.3 is 10.1 Å². The monoisotopic (exact) mass is 263 g/mol. The minimum atomic E-state index is -0.204. The first kappa shape index (κ1) is 16.2. The lowest BCUT2D eigenvalue weighted by Gasteiger charge is -2.35. The fraction of sp³-hybridized carbons (Fsp3) is 0.647. The first-order chi connectivity index (χ1) is 8.90. The van der Waals surface area contributed by atoms with Crippen LogP contribution in [0.25, 0.3) is 0 Å². The molecule has 0 aliphatic rings. The van der Waals surface area contributed by atoms with Crippen LogP contribution in [0.1, 0.15) is 56.8 Å². The van der Waals surface area contributed by atoms with Gasteiger partial charge in [-0.25, -0.2) is 0 Å². The lowest BCUT2D eigenvalue weighted by atomic mass is 9.89. The Labute approximate surface area is 118 Å². The van der Waals surface area contributed by atoms with Crippen LogP contribution >= 0.6 is 0 Å². The van der Waals surface area contributed by atoms with Crippen molar-refractivity contribution in [2.75, 3.05) is 13.2 Å². The molecule has 0 aromatic heterocycles. The fourth-order valence-electron chi connectivity index (χ4n) is 2.69. The highest BCUT2D eigenvalue weighted by Crippen LogP contribution is 2.30. The lowest BCUT2D eigenvalue weighted by molar-refractivity contribution is -0.0391. The Morgan fingerprint density at radius 2 is 1.68 bits per heavy atom. The molecule has 0 spiro atoms. The summed E-state index contributed by atoms with van der Waals surface area (Å²) in [6.45, 7) is 14.6. The second kappa shape index (κ2) is 7.06. The highest BCUT2D eigenvalue weighted by atomic mass is 16.5. The van der Waals surface area contributed by atoms with E-state index in [9.17, 15) is 0 Å². The second-order valence-electron chi connectivity index (χ2n) is 5.84. The zero-order chi connectivity index (χ0) is 14.5. The summed E-state index contributed by atoms with van der Waals surface area (Å²) >= 11 is 0. The minimum Gasteiger partial charge on any atom is -0.374 e. The molecule has 0 aliphatic carbocycles. The number of benzene rings is 1. The van der Waals surface area contributed by atoms with Gasteiger partial charge in [-0.05, 0) is 53.1 Å². The molecule has 19 heavy (non-hydrogen) atoms. The van der Waals surface area contributed by atoms with E-state index < -0.39 is 0 Å². The van der Waals surface area contributed by atoms with Crippen LogP contribution in [0.15, 0.2) is 18.2 Å². The van der Waals surface area contributed by atoms with E-state index in [0.717, 1.165) is 19.6 Å². The molecule has 0 fully saturated rings. The second-order valence-corrected chi connectivity index (χ2v) is 5.84. The third-order valence-electron chi connectivity index (χ3n) is 3.39. The van der Waals surface area contributed by atoms with Gasteiger partial charge in [0, 0.05) is 6.61 Å². The van der Waals surface area contributed by atoms with E-state index in [2.05, 4.69) is 65.1 Å². The van der Waals surface area contributed by atoms with Crippen LogP contribution in [0.2, 0.25) is 0 Å². The average Bonchev–Trinajstić information content (AvgIpc) is 2.27. The van der Waals surface area contributed by atoms with Crippen LogP contribution in [-0.2, 0) is 4.74 Å². The molecule has 2 nitrogen and oxygen atoms in total. The zero-order valence-corrected chi connectivity index (χ0v) is 13.3. The van der Waals surface area contributed by atoms with Crippen LogP contribution in [0.5, 0.6) is 0 Å². The summed E-state index contributed by atoms with van der Waals surface area (Å²) in [7, 11) is 0. The Hall–Kier alpha value is -0.860. The number of ether oxygens (including phenoxy) is 1. The predicted octanol–water partition coefficient (Wildman–Crippen LogP) is 4.16. The third-order valence-corrected chi connectivity index (χ3v) is 3.39. The average molecular weight is 263 g/mol. The van der Waals surface area contributed by atoms with Crippen molar-refractivity contribution < 1.29 is 4.74 Å². The van der Waals surface area contributed by atoms with Gasteiger partial charge in [0.1, 0.15) is 0 Å². The van der Waals surface area contributed by atoms with E-state index in [0.29, 0.717) is 0 Å². The standard InChI is InChI=1S/C17H29NO/c1-7-9-18-16(17(5,6)19-8-2)15-11-13(3)10-14(4)12-15/h10-12,16,18H,7-9H2,1-6H3. The van der Waals surface area contributed by atoms with E-state index in [4.69, 9.17) is 4.74 Å². The molecule has 0 aliphatic heterocycles. The fourth-order valence-corrected chi connectivity index (χ4v) is 2.69. The van der Waals surface area contributed by atoms with E-state index >= 15 is 0 Å². The van der Waals surface area contributed by atoms with Gasteiger partial charge in [0.25, 0.3) is 0 Å². The van der Waals surface area contributed by atoms with Crippen molar-refractivity contribution in [2.24, 2.45) is 0 Å². The van der Waals surface area contributed by atoms with Gasteiger partial charge in [0.2, 0.25) is 0 Å². The molecular weight excluding hydrogens is 234 g/mol. The summed E-state index contributed by atoms with van der Waals surface area (Å²) in [5, 5.41) is 3.64. The van der Waals surface area contributed by atoms with Crippen molar-refractivity contribution in [3.63, 3.8) is 0 Å². The van der Waals surface area contributed by atoms with E-state index in [-0.39, 0.29) is 11.6 Å². The Balaban J connectivity index is 3.07. The largest absolute Gasteiger partial charge is 0.374 e. The van der Waals surface area contributed by atoms with Gasteiger partial charge in [-0.3, -0.25) is 0 Å². The molecule has 0 bridgehead atoms. The smallest absolute Gasteiger partial charge is 0.0820 e. The molecule has 1 rings (SSSR count). The molecule has 0 saturated carbocycles. The normalized spacial score (nSPS) is 13.6. The van der Waals surface area contributed by atoms with Crippen molar-refractivity contribution in [2.45, 2.75) is 59.6 Å². The highest BCUT2D eigenvalue weighted by Gasteiger charge is 2.31. The van der Waals surface area contributed by atoms with Crippen molar-refractivity contribution in [1.82, 2.24) is 5.32 Å². The quantitative estimate of drug-likeness (QED) is 0.797. The Kier molecular flexibility index (Phi) is 6.02. The summed E-state index contributed by atoms with van der Waals surface area (Å²) in [5.41, 5.74) is 3.74. The van der Waals surface area contributed by atoms with Crippen molar-refractivity contribution in [3.05, 3.63) is 34.9 Å². The molecular formula is C17H29NO. The van der Waals surface area contributed by atoms with Crippen molar-refractivity contribution in [1.29, 1.82) is 0 Å². The number of nitrogens with one attached hydrogen (secondary N) is 1. The Morgan fingerprint density at radius 1 is 1.11 bits per heavy atom. The van der Waals surface area contributed by atoms with Gasteiger partial charge in [-0.2, -0.15) is 0 Å². The SMILES string of the molecule is CCCNC(c1cc(C)cc(C)c1)C(C)(C)OCC. The molecule has 1 aromatic carbocycles. The minimum absolute atomic E-state index is 0.204. The molecule has 0 radical (unpaired) electrons. The maximum atomic E-state index is 5.96. The molecule has 1 atom stereocenters. The van der Waals surface area contributed by atoms with Crippen molar-refractivity contribution in [3.8, 4) is 0 Å². The maximum absolute atomic E-state index is 5.96. The third kappa shape index (κ3) is 4.63. The van der Waals surface area contributed by atoms with Gasteiger partial charge >= 0.3 is 0 Å². The molecule has 2 heteroatoms. The summed E-state index contributed by atoms with van der Waals surface area (Å²) in [6.07, 6.45) is 1.13.